The lowest BCUT2D eigenvalue weighted by molar-refractivity contribution is -0.133. The minimum Gasteiger partial charge on any atom is -0.481 e. The first-order chi connectivity index (χ1) is 14.5. The van der Waals surface area contributed by atoms with E-state index in [0.717, 1.165) is 42.9 Å². The van der Waals surface area contributed by atoms with Crippen molar-refractivity contribution in [3.05, 3.63) is 59.1 Å². The fourth-order valence-corrected chi connectivity index (χ4v) is 5.20. The van der Waals surface area contributed by atoms with E-state index in [1.807, 2.05) is 55.5 Å². The van der Waals surface area contributed by atoms with Crippen molar-refractivity contribution in [2.75, 3.05) is 10.7 Å². The minimum atomic E-state index is -0.872. The van der Waals surface area contributed by atoms with Crippen LogP contribution in [-0.2, 0) is 4.79 Å². The Morgan fingerprint density at radius 1 is 1.16 bits per heavy atom. The maximum atomic E-state index is 11.3. The molecule has 1 saturated carbocycles. The summed E-state index contributed by atoms with van der Waals surface area (Å²) in [5.74, 6) is -0.185. The average molecular weight is 523 g/mol. The van der Waals surface area contributed by atoms with Crippen molar-refractivity contribution in [3.63, 3.8) is 0 Å². The third-order valence-electron chi connectivity index (χ3n) is 5.60. The number of aliphatic imine (C=N–C) groups is 2. The van der Waals surface area contributed by atoms with E-state index in [1.54, 1.807) is 0 Å². The molecule has 1 N–H and O–H groups in total. The summed E-state index contributed by atoms with van der Waals surface area (Å²) in [6, 6.07) is 15.8. The van der Waals surface area contributed by atoms with Gasteiger partial charge in [-0.15, -0.1) is 17.0 Å². The van der Waals surface area contributed by atoms with E-state index in [9.17, 15) is 9.90 Å². The van der Waals surface area contributed by atoms with Crippen molar-refractivity contribution < 1.29 is 9.90 Å². The lowest BCUT2D eigenvalue weighted by atomic mass is 9.79. The molecule has 8 heteroatoms. The highest BCUT2D eigenvalue weighted by Gasteiger charge is 2.50. The van der Waals surface area contributed by atoms with Crippen molar-refractivity contribution in [2.24, 2.45) is 9.98 Å². The molecule has 1 aliphatic heterocycles. The number of para-hydroxylation sites is 1. The lowest BCUT2D eigenvalue weighted by Crippen LogP contribution is -2.53. The molecule has 1 fully saturated rings. The molecule has 0 unspecified atom stereocenters. The number of nitrogens with zero attached hydrogens (tertiary/aromatic N) is 3. The van der Waals surface area contributed by atoms with Crippen LogP contribution in [0, 0.1) is 6.92 Å². The Labute approximate surface area is 202 Å². The molecule has 1 spiro atoms. The molecule has 2 aliphatic rings. The molecule has 0 radical (unpaired) electrons. The third kappa shape index (κ3) is 4.99. The normalized spacial score (nSPS) is 18.7. The first kappa shape index (κ1) is 23.8. The van der Waals surface area contributed by atoms with Crippen LogP contribution in [0.5, 0.6) is 0 Å². The van der Waals surface area contributed by atoms with Gasteiger partial charge in [-0.3, -0.25) is 4.79 Å². The number of aliphatic carboxylic acids is 1. The zero-order valence-electron chi connectivity index (χ0n) is 17.3. The van der Waals surface area contributed by atoms with Gasteiger partial charge in [-0.05, 0) is 44.0 Å². The Morgan fingerprint density at radius 3 is 2.48 bits per heavy atom. The molecule has 4 rings (SSSR count). The number of hydrogen-bond donors (Lipinski definition) is 1. The summed E-state index contributed by atoms with van der Waals surface area (Å²) in [6.07, 6.45) is 5.13. The Kier molecular flexibility index (Phi) is 7.83. The number of aryl methyl sites for hydroxylation is 1. The van der Waals surface area contributed by atoms with Crippen LogP contribution in [0.2, 0.25) is 5.02 Å². The maximum absolute atomic E-state index is 11.3. The summed E-state index contributed by atoms with van der Waals surface area (Å²) in [7, 11) is 0. The van der Waals surface area contributed by atoms with Gasteiger partial charge in [0, 0.05) is 0 Å². The molecular formula is C23H25BrClN3O2S. The number of carboxylic acids is 1. The molecule has 31 heavy (non-hydrogen) atoms. The Balaban J connectivity index is 0.00000272. The SMILES string of the molecule is Br.Cc1ccc(N=C2N=C(SCC(=O)O)N(c3ccccc3Cl)C23CCCCC3)cc1. The van der Waals surface area contributed by atoms with E-state index in [4.69, 9.17) is 21.6 Å². The number of anilines is 1. The van der Waals surface area contributed by atoms with E-state index < -0.39 is 11.5 Å². The van der Waals surface area contributed by atoms with Crippen LogP contribution in [0.1, 0.15) is 37.7 Å². The van der Waals surface area contributed by atoms with Crippen LogP contribution >= 0.6 is 40.3 Å². The molecule has 1 aliphatic carbocycles. The maximum Gasteiger partial charge on any atom is 0.313 e. The van der Waals surface area contributed by atoms with Crippen molar-refractivity contribution in [2.45, 2.75) is 44.6 Å². The summed E-state index contributed by atoms with van der Waals surface area (Å²) in [4.78, 5) is 23.3. The van der Waals surface area contributed by atoms with Crippen molar-refractivity contribution in [1.82, 2.24) is 0 Å². The van der Waals surface area contributed by atoms with Gasteiger partial charge in [-0.2, -0.15) is 0 Å². The fourth-order valence-electron chi connectivity index (χ4n) is 4.17. The smallest absolute Gasteiger partial charge is 0.313 e. The zero-order chi connectivity index (χ0) is 21.1. The number of carboxylic acid groups (broad SMARTS) is 1. The van der Waals surface area contributed by atoms with Crippen LogP contribution in [0.15, 0.2) is 58.5 Å². The first-order valence-electron chi connectivity index (χ1n) is 10.1. The number of amidine groups is 2. The summed E-state index contributed by atoms with van der Waals surface area (Å²) in [5, 5.41) is 10.5. The van der Waals surface area contributed by atoms with Crippen LogP contribution in [0.4, 0.5) is 11.4 Å². The zero-order valence-corrected chi connectivity index (χ0v) is 20.5. The monoisotopic (exact) mass is 521 g/mol. The van der Waals surface area contributed by atoms with Crippen LogP contribution in [0.3, 0.4) is 0 Å². The second kappa shape index (κ2) is 10.2. The van der Waals surface area contributed by atoms with Gasteiger partial charge in [0.1, 0.15) is 5.54 Å². The molecule has 2 aromatic rings. The highest BCUT2D eigenvalue weighted by molar-refractivity contribution is 8.93. The van der Waals surface area contributed by atoms with E-state index >= 15 is 0 Å². The highest BCUT2D eigenvalue weighted by Crippen LogP contribution is 2.46. The molecule has 2 aromatic carbocycles. The minimum absolute atomic E-state index is 0. The number of rotatable bonds is 4. The topological polar surface area (TPSA) is 65.3 Å². The number of carbonyl (C=O) groups is 1. The van der Waals surface area contributed by atoms with Gasteiger partial charge in [0.25, 0.3) is 0 Å². The van der Waals surface area contributed by atoms with E-state index in [-0.39, 0.29) is 22.7 Å². The quantitative estimate of drug-likeness (QED) is 0.488. The molecular weight excluding hydrogens is 498 g/mol. The van der Waals surface area contributed by atoms with Crippen molar-refractivity contribution in [1.29, 1.82) is 0 Å². The van der Waals surface area contributed by atoms with Gasteiger partial charge in [-0.1, -0.05) is 72.5 Å². The van der Waals surface area contributed by atoms with Crippen molar-refractivity contribution >= 4 is 68.7 Å². The Morgan fingerprint density at radius 2 is 1.84 bits per heavy atom. The molecule has 164 valence electrons. The molecule has 0 atom stereocenters. The Hall–Kier alpha value is -1.83. The average Bonchev–Trinajstić information content (AvgIpc) is 3.01. The van der Waals surface area contributed by atoms with Crippen molar-refractivity contribution in [3.8, 4) is 0 Å². The number of benzene rings is 2. The molecule has 0 aromatic heterocycles. The predicted octanol–water partition coefficient (Wildman–Crippen LogP) is 6.65. The number of halogens is 2. The van der Waals surface area contributed by atoms with Gasteiger partial charge in [0.15, 0.2) is 11.0 Å². The molecule has 5 nitrogen and oxygen atoms in total. The highest BCUT2D eigenvalue weighted by atomic mass is 79.9. The van der Waals surface area contributed by atoms with E-state index in [2.05, 4.69) is 4.90 Å². The Bertz CT molecular complexity index is 1000. The molecule has 0 bridgehead atoms. The molecule has 0 amide bonds. The first-order valence-corrected chi connectivity index (χ1v) is 11.5. The second-order valence-corrected chi connectivity index (χ2v) is 9.08. The fraction of sp³-hybridized carbons (Fsp3) is 0.348. The lowest BCUT2D eigenvalue weighted by Gasteiger charge is -2.42. The van der Waals surface area contributed by atoms with Gasteiger partial charge >= 0.3 is 5.97 Å². The number of hydrogen-bond acceptors (Lipinski definition) is 4. The largest absolute Gasteiger partial charge is 0.481 e. The second-order valence-electron chi connectivity index (χ2n) is 7.73. The predicted molar refractivity (Wildman–Crippen MR) is 136 cm³/mol. The summed E-state index contributed by atoms with van der Waals surface area (Å²) in [6.45, 7) is 2.05. The van der Waals surface area contributed by atoms with Gasteiger partial charge in [0.05, 0.1) is 22.2 Å². The summed E-state index contributed by atoms with van der Waals surface area (Å²) >= 11 is 7.82. The van der Waals surface area contributed by atoms with Gasteiger partial charge in [0.2, 0.25) is 0 Å². The van der Waals surface area contributed by atoms with Crippen LogP contribution in [-0.4, -0.2) is 33.4 Å². The van der Waals surface area contributed by atoms with Gasteiger partial charge < -0.3 is 10.0 Å². The third-order valence-corrected chi connectivity index (χ3v) is 6.85. The van der Waals surface area contributed by atoms with E-state index in [1.165, 1.54) is 23.7 Å². The van der Waals surface area contributed by atoms with E-state index in [0.29, 0.717) is 10.2 Å². The van der Waals surface area contributed by atoms with Gasteiger partial charge in [-0.25, -0.2) is 9.98 Å². The standard InChI is InChI=1S/C23H24ClN3O2S.BrH/c1-16-9-11-17(12-10-16)25-21-23(13-5-2-6-14-23)27(19-8-4-3-7-18(19)24)22(26-21)30-15-20(28)29;/h3-4,7-12H,2,5-6,13-15H2,1H3,(H,28,29);1H. The molecule has 1 heterocycles. The summed E-state index contributed by atoms with van der Waals surface area (Å²) in [5.41, 5.74) is 2.48. The summed E-state index contributed by atoms with van der Waals surface area (Å²) < 4.78 is 0. The number of thioether (sulfide) groups is 1. The van der Waals surface area contributed by atoms with Crippen LogP contribution < -0.4 is 4.90 Å². The molecule has 0 saturated heterocycles. The van der Waals surface area contributed by atoms with Crippen LogP contribution in [0.25, 0.3) is 0 Å².